The first-order chi connectivity index (χ1) is 16.8. The second kappa shape index (κ2) is 12.1. The summed E-state index contributed by atoms with van der Waals surface area (Å²) < 4.78 is 17.1. The molecule has 0 saturated carbocycles. The van der Waals surface area contributed by atoms with E-state index in [0.717, 1.165) is 17.9 Å². The molecule has 34 heavy (non-hydrogen) atoms. The molecule has 0 aromatic heterocycles. The average Bonchev–Trinajstić information content (AvgIpc) is 2.89. The predicted molar refractivity (Wildman–Crippen MR) is 134 cm³/mol. The molecule has 172 valence electrons. The molecule has 0 aliphatic carbocycles. The summed E-state index contributed by atoms with van der Waals surface area (Å²) in [6, 6.07) is 34.2. The highest BCUT2D eigenvalue weighted by atomic mass is 16.5. The summed E-state index contributed by atoms with van der Waals surface area (Å²) in [5, 5.41) is 2.90. The van der Waals surface area contributed by atoms with Gasteiger partial charge in [0.25, 0.3) is 5.91 Å². The van der Waals surface area contributed by atoms with Crippen molar-refractivity contribution in [2.45, 2.75) is 6.42 Å². The Bertz CT molecular complexity index is 1140. The number of para-hydroxylation sites is 1. The zero-order valence-electron chi connectivity index (χ0n) is 18.9. The molecule has 0 radical (unpaired) electrons. The molecule has 5 heteroatoms. The molecule has 1 amide bonds. The van der Waals surface area contributed by atoms with Crippen LogP contribution in [-0.2, 0) is 6.42 Å². The highest BCUT2D eigenvalue weighted by molar-refractivity contribution is 6.04. The van der Waals surface area contributed by atoms with Crippen LogP contribution in [0, 0.1) is 0 Å². The van der Waals surface area contributed by atoms with E-state index in [2.05, 4.69) is 17.4 Å². The van der Waals surface area contributed by atoms with Crippen LogP contribution in [0.3, 0.4) is 0 Å². The Morgan fingerprint density at radius 1 is 0.559 bits per heavy atom. The third-order valence-corrected chi connectivity index (χ3v) is 5.09. The van der Waals surface area contributed by atoms with Crippen LogP contribution in [0.4, 0.5) is 5.69 Å². The van der Waals surface area contributed by atoms with Crippen LogP contribution < -0.4 is 19.5 Å². The van der Waals surface area contributed by atoms with Gasteiger partial charge in [-0.25, -0.2) is 0 Å². The molecule has 5 nitrogen and oxygen atoms in total. The van der Waals surface area contributed by atoms with Gasteiger partial charge in [-0.15, -0.1) is 0 Å². The van der Waals surface area contributed by atoms with E-state index in [1.165, 1.54) is 5.56 Å². The van der Waals surface area contributed by atoms with Crippen molar-refractivity contribution in [1.82, 2.24) is 0 Å². The molecule has 0 fully saturated rings. The first-order valence-electron chi connectivity index (χ1n) is 11.3. The smallest absolute Gasteiger partial charge is 0.255 e. The van der Waals surface area contributed by atoms with Crippen molar-refractivity contribution in [3.05, 3.63) is 120 Å². The molecule has 0 saturated heterocycles. The van der Waals surface area contributed by atoms with Crippen LogP contribution in [0.5, 0.6) is 17.2 Å². The predicted octanol–water partition coefficient (Wildman–Crippen LogP) is 6.02. The maximum absolute atomic E-state index is 12.6. The Kier molecular flexibility index (Phi) is 8.17. The Hall–Kier alpha value is -4.25. The number of anilines is 1. The fourth-order valence-corrected chi connectivity index (χ4v) is 3.31. The summed E-state index contributed by atoms with van der Waals surface area (Å²) >= 11 is 0. The van der Waals surface area contributed by atoms with Gasteiger partial charge in [-0.05, 0) is 66.2 Å². The van der Waals surface area contributed by atoms with E-state index in [1.54, 1.807) is 24.3 Å². The van der Waals surface area contributed by atoms with Crippen molar-refractivity contribution in [3.63, 3.8) is 0 Å². The molecular weight excluding hydrogens is 426 g/mol. The van der Waals surface area contributed by atoms with Crippen molar-refractivity contribution in [2.24, 2.45) is 0 Å². The highest BCUT2D eigenvalue weighted by Crippen LogP contribution is 2.18. The van der Waals surface area contributed by atoms with Crippen LogP contribution >= 0.6 is 0 Å². The number of ether oxygens (including phenoxy) is 3. The van der Waals surface area contributed by atoms with Gasteiger partial charge in [0.2, 0.25) is 0 Å². The van der Waals surface area contributed by atoms with Gasteiger partial charge >= 0.3 is 0 Å². The van der Waals surface area contributed by atoms with E-state index in [1.807, 2.05) is 72.8 Å². The van der Waals surface area contributed by atoms with Gasteiger partial charge in [0, 0.05) is 17.7 Å². The molecule has 0 bridgehead atoms. The Morgan fingerprint density at radius 3 is 1.68 bits per heavy atom. The Morgan fingerprint density at radius 2 is 1.06 bits per heavy atom. The van der Waals surface area contributed by atoms with E-state index < -0.39 is 0 Å². The summed E-state index contributed by atoms with van der Waals surface area (Å²) in [7, 11) is 0. The third kappa shape index (κ3) is 7.14. The topological polar surface area (TPSA) is 56.8 Å². The summed E-state index contributed by atoms with van der Waals surface area (Å²) in [5.74, 6) is 2.08. The fourth-order valence-electron chi connectivity index (χ4n) is 3.31. The van der Waals surface area contributed by atoms with Gasteiger partial charge < -0.3 is 19.5 Å². The quantitative estimate of drug-likeness (QED) is 0.282. The van der Waals surface area contributed by atoms with E-state index in [4.69, 9.17) is 14.2 Å². The summed E-state index contributed by atoms with van der Waals surface area (Å²) in [4.78, 5) is 12.6. The zero-order valence-corrected chi connectivity index (χ0v) is 18.9. The maximum atomic E-state index is 12.6. The second-order valence-electron chi connectivity index (χ2n) is 7.60. The van der Waals surface area contributed by atoms with E-state index in [-0.39, 0.29) is 5.91 Å². The third-order valence-electron chi connectivity index (χ3n) is 5.09. The Balaban J connectivity index is 1.19. The second-order valence-corrected chi connectivity index (χ2v) is 7.60. The molecule has 0 aliphatic rings. The van der Waals surface area contributed by atoms with Gasteiger partial charge in [0.1, 0.15) is 30.5 Å². The van der Waals surface area contributed by atoms with Crippen molar-refractivity contribution in [2.75, 3.05) is 25.1 Å². The first-order valence-corrected chi connectivity index (χ1v) is 11.3. The van der Waals surface area contributed by atoms with E-state index >= 15 is 0 Å². The minimum absolute atomic E-state index is 0.184. The Labute approximate surface area is 199 Å². The monoisotopic (exact) mass is 453 g/mol. The molecule has 0 atom stereocenters. The molecule has 0 spiro atoms. The molecule has 0 heterocycles. The molecule has 0 unspecified atom stereocenters. The maximum Gasteiger partial charge on any atom is 0.255 e. The number of carbonyl (C=O) groups is 1. The normalized spacial score (nSPS) is 10.4. The zero-order chi connectivity index (χ0) is 23.4. The van der Waals surface area contributed by atoms with Gasteiger partial charge in [-0.1, -0.05) is 48.5 Å². The van der Waals surface area contributed by atoms with E-state index in [9.17, 15) is 4.79 Å². The highest BCUT2D eigenvalue weighted by Gasteiger charge is 2.07. The van der Waals surface area contributed by atoms with Crippen LogP contribution in [0.1, 0.15) is 15.9 Å². The van der Waals surface area contributed by atoms with Crippen molar-refractivity contribution in [3.8, 4) is 17.2 Å². The van der Waals surface area contributed by atoms with Crippen molar-refractivity contribution in [1.29, 1.82) is 0 Å². The van der Waals surface area contributed by atoms with Crippen molar-refractivity contribution < 1.29 is 19.0 Å². The lowest BCUT2D eigenvalue weighted by Gasteiger charge is -2.10. The molecule has 4 aromatic rings. The van der Waals surface area contributed by atoms with Crippen LogP contribution in [0.2, 0.25) is 0 Å². The largest absolute Gasteiger partial charge is 0.493 e. The lowest BCUT2D eigenvalue weighted by molar-refractivity contribution is 0.102. The lowest BCUT2D eigenvalue weighted by atomic mass is 10.2. The molecular formula is C29H27NO4. The van der Waals surface area contributed by atoms with Crippen molar-refractivity contribution >= 4 is 11.6 Å². The van der Waals surface area contributed by atoms with Gasteiger partial charge in [-0.3, -0.25) is 4.79 Å². The van der Waals surface area contributed by atoms with Crippen LogP contribution in [0.15, 0.2) is 109 Å². The minimum atomic E-state index is -0.184. The van der Waals surface area contributed by atoms with E-state index in [0.29, 0.717) is 36.8 Å². The fraction of sp³-hybridized carbons (Fsp3) is 0.138. The van der Waals surface area contributed by atoms with Crippen LogP contribution in [-0.4, -0.2) is 25.7 Å². The van der Waals surface area contributed by atoms with Gasteiger partial charge in [0.05, 0.1) is 6.61 Å². The average molecular weight is 454 g/mol. The minimum Gasteiger partial charge on any atom is -0.493 e. The first kappa shape index (κ1) is 22.9. The number of rotatable bonds is 11. The molecule has 4 aromatic carbocycles. The number of hydrogen-bond donors (Lipinski definition) is 1. The van der Waals surface area contributed by atoms with Gasteiger partial charge in [-0.2, -0.15) is 0 Å². The summed E-state index contributed by atoms with van der Waals surface area (Å²) in [6.45, 7) is 1.46. The summed E-state index contributed by atoms with van der Waals surface area (Å²) in [5.41, 5.74) is 2.50. The molecule has 4 rings (SSSR count). The van der Waals surface area contributed by atoms with Gasteiger partial charge in [0.15, 0.2) is 0 Å². The number of amides is 1. The summed E-state index contributed by atoms with van der Waals surface area (Å²) in [6.07, 6.45) is 0.846. The number of carbonyl (C=O) groups excluding carboxylic acids is 1. The standard InChI is InChI=1S/C29H27NO4/c31-29(24-11-15-27(16-12-24)34-22-21-33-26-9-5-2-6-10-26)30-25-13-17-28(18-14-25)32-20-19-23-7-3-1-4-8-23/h1-18H,19-22H2,(H,30,31). The number of benzene rings is 4. The van der Waals surface area contributed by atoms with Crippen LogP contribution in [0.25, 0.3) is 0 Å². The SMILES string of the molecule is O=C(Nc1ccc(OCCc2ccccc2)cc1)c1ccc(OCCOc2ccccc2)cc1. The lowest BCUT2D eigenvalue weighted by Crippen LogP contribution is -2.12. The molecule has 0 aliphatic heterocycles. The number of nitrogens with one attached hydrogen (secondary N) is 1. The number of hydrogen-bond acceptors (Lipinski definition) is 4. The molecule has 1 N–H and O–H groups in total.